The van der Waals surface area contributed by atoms with Crippen LogP contribution >= 0.6 is 0 Å². The summed E-state index contributed by atoms with van der Waals surface area (Å²) in [6.45, 7) is -0.152. The van der Waals surface area contributed by atoms with E-state index in [9.17, 15) is 21.6 Å². The highest BCUT2D eigenvalue weighted by atomic mass is 32.2. The largest absolute Gasteiger partial charge is 0.478 e. The Balaban J connectivity index is 2.60. The van der Waals surface area contributed by atoms with E-state index in [0.717, 1.165) is 6.26 Å². The zero-order valence-electron chi connectivity index (χ0n) is 11.2. The Hall–Kier alpha value is -1.49. The summed E-state index contributed by atoms with van der Waals surface area (Å²) in [5, 5.41) is 8.83. The normalized spacial score (nSPS) is 12.2. The third-order valence-corrected chi connectivity index (χ3v) is 4.43. The van der Waals surface area contributed by atoms with Crippen LogP contribution in [0, 0.1) is 0 Å². The van der Waals surface area contributed by atoms with Crippen LogP contribution in [0.25, 0.3) is 0 Å². The molecule has 1 aromatic carbocycles. The highest BCUT2D eigenvalue weighted by molar-refractivity contribution is 7.89. The first-order valence-corrected chi connectivity index (χ1v) is 9.38. The molecule has 0 spiro atoms. The van der Waals surface area contributed by atoms with Gasteiger partial charge in [0.25, 0.3) is 0 Å². The molecule has 0 saturated heterocycles. The highest BCUT2D eigenvalue weighted by Gasteiger charge is 2.13. The molecule has 8 nitrogen and oxygen atoms in total. The summed E-state index contributed by atoms with van der Waals surface area (Å²) in [6.07, 6.45) is 0.971. The maximum Gasteiger partial charge on any atom is 0.335 e. The molecule has 0 unspecified atom stereocenters. The minimum Gasteiger partial charge on any atom is -0.478 e. The van der Waals surface area contributed by atoms with E-state index in [0.29, 0.717) is 5.56 Å². The quantitative estimate of drug-likeness (QED) is 0.541. The van der Waals surface area contributed by atoms with Crippen LogP contribution < -0.4 is 9.44 Å². The van der Waals surface area contributed by atoms with Gasteiger partial charge in [0.15, 0.2) is 0 Å². The van der Waals surface area contributed by atoms with Crippen molar-refractivity contribution in [3.05, 3.63) is 35.4 Å². The fourth-order valence-electron chi connectivity index (χ4n) is 1.51. The van der Waals surface area contributed by atoms with Crippen LogP contribution in [0.5, 0.6) is 0 Å². The predicted octanol–water partition coefficient (Wildman–Crippen LogP) is -0.647. The Morgan fingerprint density at radius 2 is 1.76 bits per heavy atom. The van der Waals surface area contributed by atoms with Crippen LogP contribution in [-0.2, 0) is 25.8 Å². The monoisotopic (exact) mass is 336 g/mol. The van der Waals surface area contributed by atoms with Crippen molar-refractivity contribution >= 4 is 26.0 Å². The number of aromatic carboxylic acids is 1. The standard InChI is InChI=1S/C11H16N2O6S2/c1-20(16,17)12-5-6-13-21(18,19)8-9-3-2-4-10(7-9)11(14)15/h2-4,7,12-13H,5-6,8H2,1H3,(H,14,15). The molecule has 0 amide bonds. The van der Waals surface area contributed by atoms with Gasteiger partial charge in [0.2, 0.25) is 20.0 Å². The molecule has 0 fully saturated rings. The van der Waals surface area contributed by atoms with E-state index in [2.05, 4.69) is 9.44 Å². The summed E-state index contributed by atoms with van der Waals surface area (Å²) in [6, 6.07) is 5.60. The SMILES string of the molecule is CS(=O)(=O)NCCNS(=O)(=O)Cc1cccc(C(=O)O)c1. The molecule has 0 bridgehead atoms. The van der Waals surface area contributed by atoms with Crippen molar-refractivity contribution < 1.29 is 26.7 Å². The Labute approximate surface area is 123 Å². The fraction of sp³-hybridized carbons (Fsp3) is 0.364. The average Bonchev–Trinajstić information content (AvgIpc) is 2.33. The molecular formula is C11H16N2O6S2. The van der Waals surface area contributed by atoms with Crippen molar-refractivity contribution in [2.45, 2.75) is 5.75 Å². The molecule has 3 N–H and O–H groups in total. The second kappa shape index (κ2) is 6.98. The maximum absolute atomic E-state index is 11.8. The Kier molecular flexibility index (Phi) is 5.84. The van der Waals surface area contributed by atoms with Gasteiger partial charge in [0.05, 0.1) is 17.6 Å². The van der Waals surface area contributed by atoms with Crippen LogP contribution in [0.2, 0.25) is 0 Å². The number of carbonyl (C=O) groups is 1. The van der Waals surface area contributed by atoms with Crippen LogP contribution in [0.1, 0.15) is 15.9 Å². The van der Waals surface area contributed by atoms with Crippen molar-refractivity contribution in [1.29, 1.82) is 0 Å². The van der Waals surface area contributed by atoms with E-state index in [1.54, 1.807) is 0 Å². The van der Waals surface area contributed by atoms with Gasteiger partial charge in [-0.05, 0) is 17.7 Å². The molecule has 10 heteroatoms. The fourth-order valence-corrected chi connectivity index (χ4v) is 3.11. The molecule has 0 heterocycles. The number of hydrogen-bond donors (Lipinski definition) is 3. The molecule has 0 atom stereocenters. The Morgan fingerprint density at radius 3 is 2.33 bits per heavy atom. The van der Waals surface area contributed by atoms with Crippen LogP contribution in [0.4, 0.5) is 0 Å². The maximum atomic E-state index is 11.8. The zero-order valence-corrected chi connectivity index (χ0v) is 12.9. The lowest BCUT2D eigenvalue weighted by Gasteiger charge is -2.07. The summed E-state index contributed by atoms with van der Waals surface area (Å²) in [5.74, 6) is -1.52. The second-order valence-electron chi connectivity index (χ2n) is 4.33. The zero-order chi connectivity index (χ0) is 16.1. The van der Waals surface area contributed by atoms with E-state index < -0.39 is 26.0 Å². The first kappa shape index (κ1) is 17.6. The Bertz CT molecular complexity index is 712. The first-order chi connectivity index (χ1) is 9.59. The highest BCUT2D eigenvalue weighted by Crippen LogP contribution is 2.08. The molecule has 0 aliphatic rings. The summed E-state index contributed by atoms with van der Waals surface area (Å²) >= 11 is 0. The number of hydrogen-bond acceptors (Lipinski definition) is 5. The molecule has 0 saturated carbocycles. The van der Waals surface area contributed by atoms with Gasteiger partial charge in [-0.15, -0.1) is 0 Å². The number of carboxylic acids is 1. The molecule has 0 aromatic heterocycles. The molecule has 0 aliphatic carbocycles. The second-order valence-corrected chi connectivity index (χ2v) is 7.97. The molecule has 0 aliphatic heterocycles. The smallest absolute Gasteiger partial charge is 0.335 e. The van der Waals surface area contributed by atoms with E-state index in [-0.39, 0.29) is 24.4 Å². The topological polar surface area (TPSA) is 130 Å². The molecule has 1 rings (SSSR count). The van der Waals surface area contributed by atoms with Gasteiger partial charge in [-0.3, -0.25) is 0 Å². The summed E-state index contributed by atoms with van der Waals surface area (Å²) in [4.78, 5) is 10.8. The number of carboxylic acid groups (broad SMARTS) is 1. The molecule has 118 valence electrons. The predicted molar refractivity (Wildman–Crippen MR) is 76.9 cm³/mol. The van der Waals surface area contributed by atoms with Gasteiger partial charge in [-0.25, -0.2) is 31.1 Å². The van der Waals surface area contributed by atoms with E-state index in [1.807, 2.05) is 0 Å². The minimum absolute atomic E-state index is 0.00134. The number of benzene rings is 1. The van der Waals surface area contributed by atoms with Crippen molar-refractivity contribution in [2.75, 3.05) is 19.3 Å². The van der Waals surface area contributed by atoms with Gasteiger partial charge < -0.3 is 5.11 Å². The van der Waals surface area contributed by atoms with Crippen molar-refractivity contribution in [3.8, 4) is 0 Å². The number of nitrogens with one attached hydrogen (secondary N) is 2. The van der Waals surface area contributed by atoms with Crippen LogP contribution in [0.15, 0.2) is 24.3 Å². The van der Waals surface area contributed by atoms with Crippen molar-refractivity contribution in [2.24, 2.45) is 0 Å². The minimum atomic E-state index is -3.67. The summed E-state index contributed by atoms with van der Waals surface area (Å²) in [7, 11) is -7.04. The molecule has 0 radical (unpaired) electrons. The molecular weight excluding hydrogens is 320 g/mol. The van der Waals surface area contributed by atoms with Gasteiger partial charge >= 0.3 is 5.97 Å². The lowest BCUT2D eigenvalue weighted by molar-refractivity contribution is 0.0696. The van der Waals surface area contributed by atoms with Crippen LogP contribution in [-0.4, -0.2) is 47.3 Å². The van der Waals surface area contributed by atoms with E-state index >= 15 is 0 Å². The first-order valence-electron chi connectivity index (χ1n) is 5.83. The lowest BCUT2D eigenvalue weighted by Crippen LogP contribution is -2.34. The van der Waals surface area contributed by atoms with E-state index in [4.69, 9.17) is 5.11 Å². The lowest BCUT2D eigenvalue weighted by atomic mass is 10.1. The Morgan fingerprint density at radius 1 is 1.14 bits per heavy atom. The third kappa shape index (κ3) is 7.18. The number of rotatable bonds is 8. The van der Waals surface area contributed by atoms with Gasteiger partial charge in [-0.2, -0.15) is 0 Å². The summed E-state index contributed by atoms with van der Waals surface area (Å²) in [5.41, 5.74) is 0.333. The summed E-state index contributed by atoms with van der Waals surface area (Å²) < 4.78 is 49.5. The van der Waals surface area contributed by atoms with Crippen molar-refractivity contribution in [1.82, 2.24) is 9.44 Å². The van der Waals surface area contributed by atoms with Gasteiger partial charge in [0, 0.05) is 13.1 Å². The van der Waals surface area contributed by atoms with E-state index in [1.165, 1.54) is 24.3 Å². The third-order valence-electron chi connectivity index (χ3n) is 2.34. The molecule has 21 heavy (non-hydrogen) atoms. The van der Waals surface area contributed by atoms with Crippen molar-refractivity contribution in [3.63, 3.8) is 0 Å². The molecule has 1 aromatic rings. The number of sulfonamides is 2. The van der Waals surface area contributed by atoms with Gasteiger partial charge in [-0.1, -0.05) is 12.1 Å². The van der Waals surface area contributed by atoms with Gasteiger partial charge in [0.1, 0.15) is 0 Å². The van der Waals surface area contributed by atoms with Crippen LogP contribution in [0.3, 0.4) is 0 Å². The average molecular weight is 336 g/mol.